The fraction of sp³-hybridized carbons (Fsp3) is 0.160. The zero-order valence-electron chi connectivity index (χ0n) is 17.4. The van der Waals surface area contributed by atoms with E-state index in [1.807, 2.05) is 30.3 Å². The van der Waals surface area contributed by atoms with Gasteiger partial charge in [0.05, 0.1) is 12.6 Å². The quantitative estimate of drug-likeness (QED) is 0.524. The minimum atomic E-state index is -0.394. The second-order valence-corrected chi connectivity index (χ2v) is 7.65. The fourth-order valence-electron chi connectivity index (χ4n) is 4.10. The van der Waals surface area contributed by atoms with Crippen molar-refractivity contribution in [3.8, 4) is 22.9 Å². The number of aromatic hydroxyl groups is 1. The Morgan fingerprint density at radius 2 is 1.94 bits per heavy atom. The molecule has 7 heteroatoms. The van der Waals surface area contributed by atoms with Crippen LogP contribution >= 0.6 is 0 Å². The number of halogens is 1. The van der Waals surface area contributed by atoms with Crippen LogP contribution in [0.4, 0.5) is 4.39 Å². The summed E-state index contributed by atoms with van der Waals surface area (Å²) < 4.78 is 19.0. The summed E-state index contributed by atoms with van der Waals surface area (Å²) in [7, 11) is 1.51. The molecule has 2 heterocycles. The van der Waals surface area contributed by atoms with Crippen molar-refractivity contribution in [3.63, 3.8) is 0 Å². The lowest BCUT2D eigenvalue weighted by Gasteiger charge is -2.29. The molecule has 4 aromatic rings. The van der Waals surface area contributed by atoms with Gasteiger partial charge in [0.15, 0.2) is 17.3 Å². The van der Waals surface area contributed by atoms with E-state index in [1.165, 1.54) is 19.2 Å². The maximum absolute atomic E-state index is 13.8. The van der Waals surface area contributed by atoms with E-state index < -0.39 is 5.82 Å². The molecule has 0 saturated carbocycles. The molecular formula is C25H20FN3O3. The van der Waals surface area contributed by atoms with Crippen molar-refractivity contribution in [1.29, 1.82) is 0 Å². The van der Waals surface area contributed by atoms with Gasteiger partial charge in [-0.05, 0) is 36.2 Å². The van der Waals surface area contributed by atoms with Gasteiger partial charge >= 0.3 is 0 Å². The van der Waals surface area contributed by atoms with Crippen LogP contribution in [0.15, 0.2) is 60.7 Å². The standard InChI is InChI=1S/C25H20FN3O3/c1-32-21-10-9-16-14-29(12-11-18(16)23(21)30)25(31)22-19-7-2-3-8-20(19)27-24(28-22)15-5-4-6-17(26)13-15/h2-10,13,30H,11-12,14H2,1H3. The number of aromatic nitrogens is 2. The lowest BCUT2D eigenvalue weighted by molar-refractivity contribution is 0.0730. The number of nitrogens with zero attached hydrogens (tertiary/aromatic N) is 3. The van der Waals surface area contributed by atoms with Crippen LogP contribution in [-0.4, -0.2) is 39.5 Å². The number of ether oxygens (including phenoxy) is 1. The Kier molecular flexibility index (Phi) is 4.93. The normalized spacial score (nSPS) is 13.1. The van der Waals surface area contributed by atoms with Crippen LogP contribution < -0.4 is 4.74 Å². The predicted octanol–water partition coefficient (Wildman–Crippen LogP) is 4.35. The van der Waals surface area contributed by atoms with Gasteiger partial charge < -0.3 is 14.7 Å². The molecule has 0 saturated heterocycles. The van der Waals surface area contributed by atoms with Crippen LogP contribution in [0.25, 0.3) is 22.3 Å². The van der Waals surface area contributed by atoms with Gasteiger partial charge in [0.25, 0.3) is 5.91 Å². The average Bonchev–Trinajstić information content (AvgIpc) is 2.83. The molecule has 160 valence electrons. The number of carbonyl (C=O) groups excluding carboxylic acids is 1. The van der Waals surface area contributed by atoms with Gasteiger partial charge in [-0.15, -0.1) is 0 Å². The molecular weight excluding hydrogens is 409 g/mol. The van der Waals surface area contributed by atoms with E-state index in [0.717, 1.165) is 11.1 Å². The lowest BCUT2D eigenvalue weighted by Crippen LogP contribution is -2.36. The van der Waals surface area contributed by atoms with Crippen molar-refractivity contribution in [1.82, 2.24) is 14.9 Å². The van der Waals surface area contributed by atoms with Crippen LogP contribution in [0.5, 0.6) is 11.5 Å². The van der Waals surface area contributed by atoms with Crippen LogP contribution in [0.3, 0.4) is 0 Å². The molecule has 0 spiro atoms. The molecule has 0 radical (unpaired) electrons. The number of phenols is 1. The zero-order chi connectivity index (χ0) is 22.2. The Labute approximate surface area is 183 Å². The molecule has 5 rings (SSSR count). The molecule has 1 N–H and O–H groups in total. The molecule has 32 heavy (non-hydrogen) atoms. The lowest BCUT2D eigenvalue weighted by atomic mass is 9.97. The van der Waals surface area contributed by atoms with Crippen LogP contribution in [0, 0.1) is 5.82 Å². The first-order valence-electron chi connectivity index (χ1n) is 10.2. The summed E-state index contributed by atoms with van der Waals surface area (Å²) in [6, 6.07) is 16.9. The third kappa shape index (κ3) is 3.41. The number of amides is 1. The van der Waals surface area contributed by atoms with Gasteiger partial charge in [0, 0.05) is 29.6 Å². The molecule has 0 unspecified atom stereocenters. The number of benzene rings is 3. The van der Waals surface area contributed by atoms with Crippen molar-refractivity contribution in [2.45, 2.75) is 13.0 Å². The summed E-state index contributed by atoms with van der Waals surface area (Å²) in [5, 5.41) is 11.1. The van der Waals surface area contributed by atoms with Gasteiger partial charge in [-0.1, -0.05) is 36.4 Å². The highest BCUT2D eigenvalue weighted by Gasteiger charge is 2.27. The number of fused-ring (bicyclic) bond motifs is 2. The minimum absolute atomic E-state index is 0.123. The molecule has 0 fully saturated rings. The first-order chi connectivity index (χ1) is 15.5. The van der Waals surface area contributed by atoms with E-state index >= 15 is 0 Å². The van der Waals surface area contributed by atoms with Crippen LogP contribution in [-0.2, 0) is 13.0 Å². The molecule has 1 aromatic heterocycles. The average molecular weight is 429 g/mol. The van der Waals surface area contributed by atoms with Gasteiger partial charge in [-0.25, -0.2) is 14.4 Å². The van der Waals surface area contributed by atoms with Gasteiger partial charge in [0.2, 0.25) is 0 Å². The Bertz CT molecular complexity index is 1360. The fourth-order valence-corrected chi connectivity index (χ4v) is 4.10. The summed E-state index contributed by atoms with van der Waals surface area (Å²) in [6.45, 7) is 0.777. The number of methoxy groups -OCH3 is 1. The highest BCUT2D eigenvalue weighted by Crippen LogP contribution is 2.36. The second kappa shape index (κ2) is 7.92. The number of rotatable bonds is 3. The highest BCUT2D eigenvalue weighted by molar-refractivity contribution is 6.05. The number of hydrogen-bond acceptors (Lipinski definition) is 5. The van der Waals surface area contributed by atoms with E-state index in [9.17, 15) is 14.3 Å². The van der Waals surface area contributed by atoms with Crippen molar-refractivity contribution >= 4 is 16.8 Å². The SMILES string of the molecule is COc1ccc2c(c1O)CCN(C(=O)c1nc(-c3cccc(F)c3)nc3ccccc13)C2. The van der Waals surface area contributed by atoms with Crippen molar-refractivity contribution in [2.24, 2.45) is 0 Å². The number of carbonyl (C=O) groups is 1. The zero-order valence-corrected chi connectivity index (χ0v) is 17.4. The largest absolute Gasteiger partial charge is 0.504 e. The van der Waals surface area contributed by atoms with Crippen molar-refractivity contribution < 1.29 is 19.0 Å². The molecule has 1 amide bonds. The Morgan fingerprint density at radius 1 is 1.09 bits per heavy atom. The van der Waals surface area contributed by atoms with E-state index in [-0.39, 0.29) is 17.4 Å². The van der Waals surface area contributed by atoms with E-state index in [0.29, 0.717) is 47.6 Å². The molecule has 1 aliphatic rings. The highest BCUT2D eigenvalue weighted by atomic mass is 19.1. The van der Waals surface area contributed by atoms with E-state index in [1.54, 1.807) is 23.1 Å². The Morgan fingerprint density at radius 3 is 2.75 bits per heavy atom. The first-order valence-corrected chi connectivity index (χ1v) is 10.2. The molecule has 6 nitrogen and oxygen atoms in total. The van der Waals surface area contributed by atoms with Crippen molar-refractivity contribution in [2.75, 3.05) is 13.7 Å². The predicted molar refractivity (Wildman–Crippen MR) is 118 cm³/mol. The third-order valence-corrected chi connectivity index (χ3v) is 5.73. The number of hydrogen-bond donors (Lipinski definition) is 1. The number of para-hydroxylation sites is 1. The third-order valence-electron chi connectivity index (χ3n) is 5.73. The summed E-state index contributed by atoms with van der Waals surface area (Å²) in [4.78, 5) is 24.4. The summed E-state index contributed by atoms with van der Waals surface area (Å²) in [6.07, 6.45) is 0.504. The van der Waals surface area contributed by atoms with Gasteiger partial charge in [0.1, 0.15) is 11.5 Å². The van der Waals surface area contributed by atoms with Gasteiger partial charge in [-0.3, -0.25) is 4.79 Å². The van der Waals surface area contributed by atoms with Crippen molar-refractivity contribution in [3.05, 3.63) is 83.3 Å². The monoisotopic (exact) mass is 429 g/mol. The summed E-state index contributed by atoms with van der Waals surface area (Å²) in [5.41, 5.74) is 3.06. The first kappa shape index (κ1) is 19.9. The van der Waals surface area contributed by atoms with Crippen LogP contribution in [0.1, 0.15) is 21.6 Å². The summed E-state index contributed by atoms with van der Waals surface area (Å²) >= 11 is 0. The second-order valence-electron chi connectivity index (χ2n) is 7.65. The number of phenolic OH excluding ortho intramolecular Hbond substituents is 1. The topological polar surface area (TPSA) is 75.6 Å². The van der Waals surface area contributed by atoms with Gasteiger partial charge in [-0.2, -0.15) is 0 Å². The minimum Gasteiger partial charge on any atom is -0.504 e. The molecule has 0 aliphatic carbocycles. The maximum Gasteiger partial charge on any atom is 0.273 e. The maximum atomic E-state index is 13.8. The molecule has 1 aliphatic heterocycles. The molecule has 0 bridgehead atoms. The summed E-state index contributed by atoms with van der Waals surface area (Å²) in [5.74, 6) is 0.214. The van der Waals surface area contributed by atoms with Crippen LogP contribution in [0.2, 0.25) is 0 Å². The van der Waals surface area contributed by atoms with E-state index in [2.05, 4.69) is 9.97 Å². The molecule has 0 atom stereocenters. The Hall–Kier alpha value is -4.00. The molecule has 3 aromatic carbocycles. The van der Waals surface area contributed by atoms with E-state index in [4.69, 9.17) is 4.74 Å². The Balaban J connectivity index is 1.56. The smallest absolute Gasteiger partial charge is 0.273 e.